The number of halogens is 1. The van der Waals surface area contributed by atoms with Crippen molar-refractivity contribution in [1.29, 1.82) is 0 Å². The fourth-order valence-corrected chi connectivity index (χ4v) is 3.36. The van der Waals surface area contributed by atoms with Gasteiger partial charge in [0.15, 0.2) is 5.82 Å². The maximum Gasteiger partial charge on any atom is 0.414 e. The summed E-state index contributed by atoms with van der Waals surface area (Å²) in [5, 5.41) is 24.5. The Morgan fingerprint density at radius 1 is 1.31 bits per heavy atom. The van der Waals surface area contributed by atoms with Crippen molar-refractivity contribution >= 4 is 11.8 Å². The lowest BCUT2D eigenvalue weighted by atomic mass is 10.2. The van der Waals surface area contributed by atoms with Gasteiger partial charge in [-0.1, -0.05) is 10.4 Å². The van der Waals surface area contributed by atoms with Crippen molar-refractivity contribution in [2.75, 3.05) is 18.1 Å². The molecule has 12 nitrogen and oxygen atoms in total. The van der Waals surface area contributed by atoms with Crippen molar-refractivity contribution in [1.82, 2.24) is 34.9 Å². The Morgan fingerprint density at radius 2 is 2.22 bits per heavy atom. The molecule has 1 aliphatic heterocycles. The van der Waals surface area contributed by atoms with Gasteiger partial charge >= 0.3 is 6.09 Å². The molecule has 0 bridgehead atoms. The van der Waals surface area contributed by atoms with Gasteiger partial charge in [0.25, 0.3) is 0 Å². The molecule has 0 radical (unpaired) electrons. The van der Waals surface area contributed by atoms with Gasteiger partial charge in [-0.3, -0.25) is 4.90 Å². The predicted molar refractivity (Wildman–Crippen MR) is 105 cm³/mol. The Kier molecular flexibility index (Phi) is 5.07. The second kappa shape index (κ2) is 8.19. The van der Waals surface area contributed by atoms with Crippen LogP contribution < -0.4 is 4.90 Å². The van der Waals surface area contributed by atoms with Gasteiger partial charge in [0.05, 0.1) is 49.8 Å². The van der Waals surface area contributed by atoms with E-state index in [-0.39, 0.29) is 31.1 Å². The number of nitrogens with zero attached hydrogens (tertiary/aromatic N) is 8. The molecule has 5 rings (SSSR count). The topological polar surface area (TPSA) is 137 Å². The lowest BCUT2D eigenvalue weighted by Gasteiger charge is -2.14. The number of anilines is 1. The molecule has 0 saturated carbocycles. The third-order valence-corrected chi connectivity index (χ3v) is 4.86. The molecule has 13 heteroatoms. The molecular weight excluding hydrogens is 423 g/mol. The molecule has 0 aliphatic carbocycles. The van der Waals surface area contributed by atoms with Crippen LogP contribution in [0.15, 0.2) is 47.5 Å². The van der Waals surface area contributed by atoms with E-state index in [0.29, 0.717) is 23.7 Å². The minimum atomic E-state index is -0.571. The lowest BCUT2D eigenvalue weighted by Crippen LogP contribution is -2.26. The highest BCUT2D eigenvalue weighted by Gasteiger charge is 2.33. The zero-order chi connectivity index (χ0) is 22.1. The first kappa shape index (κ1) is 19.8. The van der Waals surface area contributed by atoms with Crippen molar-refractivity contribution in [3.8, 4) is 17.1 Å². The van der Waals surface area contributed by atoms with Gasteiger partial charge in [0, 0.05) is 12.4 Å². The van der Waals surface area contributed by atoms with Crippen molar-refractivity contribution in [2.24, 2.45) is 0 Å². The number of aliphatic hydroxyl groups excluding tert-OH is 1. The van der Waals surface area contributed by atoms with Crippen molar-refractivity contribution in [2.45, 2.75) is 19.1 Å². The van der Waals surface area contributed by atoms with Crippen LogP contribution >= 0.6 is 0 Å². The Balaban J connectivity index is 1.32. The summed E-state index contributed by atoms with van der Waals surface area (Å²) in [5.74, 6) is 0.0131. The van der Waals surface area contributed by atoms with Gasteiger partial charge in [-0.15, -0.1) is 5.10 Å². The summed E-state index contributed by atoms with van der Waals surface area (Å²) in [5.41, 5.74) is 1.09. The first-order valence-corrected chi connectivity index (χ1v) is 9.71. The maximum atomic E-state index is 14.9. The van der Waals surface area contributed by atoms with Crippen LogP contribution in [0.2, 0.25) is 0 Å². The maximum absolute atomic E-state index is 14.9. The number of benzene rings is 1. The summed E-state index contributed by atoms with van der Waals surface area (Å²) in [7, 11) is 0. The molecule has 1 saturated heterocycles. The van der Waals surface area contributed by atoms with Crippen LogP contribution in [0.3, 0.4) is 0 Å². The first-order valence-electron chi connectivity index (χ1n) is 9.71. The van der Waals surface area contributed by atoms with E-state index in [2.05, 4.69) is 25.6 Å². The molecule has 1 aliphatic rings. The molecule has 1 atom stereocenters. The molecular formula is C19H17FN8O4. The number of aromatic nitrogens is 7. The fourth-order valence-electron chi connectivity index (χ4n) is 3.36. The number of ether oxygens (including phenoxy) is 1. The largest absolute Gasteiger partial charge is 0.442 e. The summed E-state index contributed by atoms with van der Waals surface area (Å²) >= 11 is 0. The molecule has 4 heterocycles. The Bertz CT molecular complexity index is 1240. The van der Waals surface area contributed by atoms with E-state index >= 15 is 0 Å². The van der Waals surface area contributed by atoms with Crippen molar-refractivity contribution < 1.29 is 23.6 Å². The van der Waals surface area contributed by atoms with Crippen LogP contribution in [0.25, 0.3) is 17.1 Å². The van der Waals surface area contributed by atoms with Crippen LogP contribution in [-0.2, 0) is 17.7 Å². The molecule has 1 fully saturated rings. The highest BCUT2D eigenvalue weighted by atomic mass is 19.1. The van der Waals surface area contributed by atoms with Crippen LogP contribution in [-0.4, -0.2) is 65.4 Å². The lowest BCUT2D eigenvalue weighted by molar-refractivity contribution is 0.129. The third-order valence-electron chi connectivity index (χ3n) is 4.86. The van der Waals surface area contributed by atoms with E-state index in [0.717, 1.165) is 0 Å². The zero-order valence-corrected chi connectivity index (χ0v) is 16.6. The number of hydrogen-bond donors (Lipinski definition) is 1. The quantitative estimate of drug-likeness (QED) is 0.449. The van der Waals surface area contributed by atoms with Gasteiger partial charge in [-0.25, -0.2) is 18.5 Å². The van der Waals surface area contributed by atoms with E-state index < -0.39 is 18.0 Å². The molecule has 0 unspecified atom stereocenters. The molecule has 1 N–H and O–H groups in total. The molecule has 1 aromatic carbocycles. The standard InChI is InChI=1S/C19H17FN8O4/c20-15-7-13(27-11-14(31-19(27)30)10-26-5-4-21-25-26)1-2-16(15)28-9-12(8-22-28)18-23-17(3-6-29)32-24-18/h1-2,4-5,7-9,14,29H,3,6,10-11H2/t14-/m0/s1. The molecule has 32 heavy (non-hydrogen) atoms. The Labute approximate surface area is 179 Å². The SMILES string of the molecule is O=C1O[C@@H](Cn2ccnn2)CN1c1ccc(-n2cc(-c3noc(CCO)n3)cn2)c(F)c1. The smallest absolute Gasteiger partial charge is 0.414 e. The third kappa shape index (κ3) is 3.80. The minimum absolute atomic E-state index is 0.107. The summed E-state index contributed by atoms with van der Waals surface area (Å²) in [6, 6.07) is 4.39. The van der Waals surface area contributed by atoms with Gasteiger partial charge in [0.1, 0.15) is 11.8 Å². The molecule has 4 aromatic rings. The predicted octanol–water partition coefficient (Wildman–Crippen LogP) is 1.21. The summed E-state index contributed by atoms with van der Waals surface area (Å²) in [4.78, 5) is 17.8. The van der Waals surface area contributed by atoms with E-state index in [1.54, 1.807) is 23.1 Å². The Hall–Kier alpha value is -4.13. The number of aliphatic hydroxyl groups is 1. The second-order valence-electron chi connectivity index (χ2n) is 7.04. The minimum Gasteiger partial charge on any atom is -0.442 e. The number of cyclic esters (lactones) is 1. The number of hydrogen-bond acceptors (Lipinski definition) is 9. The van der Waals surface area contributed by atoms with Gasteiger partial charge in [0.2, 0.25) is 11.7 Å². The highest BCUT2D eigenvalue weighted by Crippen LogP contribution is 2.26. The Morgan fingerprint density at radius 3 is 3.00 bits per heavy atom. The van der Waals surface area contributed by atoms with Crippen molar-refractivity contribution in [3.05, 3.63) is 54.7 Å². The van der Waals surface area contributed by atoms with Gasteiger partial charge < -0.3 is 14.4 Å². The monoisotopic (exact) mass is 440 g/mol. The van der Waals surface area contributed by atoms with Crippen LogP contribution in [0, 0.1) is 5.82 Å². The molecule has 0 spiro atoms. The average molecular weight is 440 g/mol. The van der Waals surface area contributed by atoms with Crippen LogP contribution in [0.5, 0.6) is 0 Å². The molecule has 3 aromatic heterocycles. The van der Waals surface area contributed by atoms with E-state index in [1.165, 1.54) is 34.1 Å². The fraction of sp³-hybridized carbons (Fsp3) is 0.263. The summed E-state index contributed by atoms with van der Waals surface area (Å²) in [6.07, 6.45) is 5.51. The van der Waals surface area contributed by atoms with Crippen LogP contribution in [0.4, 0.5) is 14.9 Å². The van der Waals surface area contributed by atoms with E-state index in [1.807, 2.05) is 0 Å². The highest BCUT2D eigenvalue weighted by molar-refractivity contribution is 5.89. The van der Waals surface area contributed by atoms with E-state index in [4.69, 9.17) is 14.4 Å². The normalized spacial score (nSPS) is 16.0. The number of rotatable bonds is 7. The summed E-state index contributed by atoms with van der Waals surface area (Å²) < 4.78 is 28.2. The van der Waals surface area contributed by atoms with Crippen molar-refractivity contribution in [3.63, 3.8) is 0 Å². The number of carbonyl (C=O) groups excluding carboxylic acids is 1. The van der Waals surface area contributed by atoms with Gasteiger partial charge in [-0.05, 0) is 18.2 Å². The number of carbonyl (C=O) groups is 1. The molecule has 164 valence electrons. The van der Waals surface area contributed by atoms with E-state index in [9.17, 15) is 9.18 Å². The van der Waals surface area contributed by atoms with Gasteiger partial charge in [-0.2, -0.15) is 10.1 Å². The summed E-state index contributed by atoms with van der Waals surface area (Å²) in [6.45, 7) is 0.510. The average Bonchev–Trinajstić information content (AvgIpc) is 3.56. The zero-order valence-electron chi connectivity index (χ0n) is 16.6. The number of amides is 1. The molecule has 1 amide bonds. The second-order valence-corrected chi connectivity index (χ2v) is 7.04. The first-order chi connectivity index (χ1) is 15.6. The van der Waals surface area contributed by atoms with Crippen LogP contribution in [0.1, 0.15) is 5.89 Å².